The Labute approximate surface area is 85.3 Å². The lowest BCUT2D eigenvalue weighted by Gasteiger charge is -2.31. The Morgan fingerprint density at radius 3 is 2.79 bits per heavy atom. The molecule has 2 heterocycles. The fourth-order valence-electron chi connectivity index (χ4n) is 2.26. The van der Waals surface area contributed by atoms with Crippen LogP contribution in [0, 0.1) is 0 Å². The van der Waals surface area contributed by atoms with Gasteiger partial charge in [0.2, 0.25) is 0 Å². The Balaban J connectivity index is 1.84. The van der Waals surface area contributed by atoms with Crippen LogP contribution in [0.3, 0.4) is 0 Å². The van der Waals surface area contributed by atoms with Crippen molar-refractivity contribution in [2.75, 3.05) is 26.2 Å². The highest BCUT2D eigenvalue weighted by molar-refractivity contribution is 5.15. The van der Waals surface area contributed by atoms with Crippen LogP contribution in [0.25, 0.3) is 0 Å². The second-order valence-corrected chi connectivity index (χ2v) is 4.05. The molecule has 1 aromatic heterocycles. The summed E-state index contributed by atoms with van der Waals surface area (Å²) in [6, 6.07) is 2.20. The summed E-state index contributed by atoms with van der Waals surface area (Å²) < 4.78 is 0. The molecule has 0 amide bonds. The first-order valence-electron chi connectivity index (χ1n) is 5.45. The molecule has 0 bridgehead atoms. The Hall–Kier alpha value is -0.800. The van der Waals surface area contributed by atoms with Crippen LogP contribution in [0.4, 0.5) is 0 Å². The Kier molecular flexibility index (Phi) is 3.22. The van der Waals surface area contributed by atoms with Gasteiger partial charge in [-0.2, -0.15) is 0 Å². The Morgan fingerprint density at radius 1 is 1.43 bits per heavy atom. The number of piperidine rings is 1. The lowest BCUT2D eigenvalue weighted by molar-refractivity contribution is 0.218. The molecule has 0 atom stereocenters. The molecule has 0 saturated carbocycles. The van der Waals surface area contributed by atoms with Crippen LogP contribution >= 0.6 is 0 Å². The highest BCUT2D eigenvalue weighted by atomic mass is 15.1. The molecule has 0 unspecified atom stereocenters. The number of likely N-dealkylation sites (tertiary alicyclic amines) is 1. The highest BCUT2D eigenvalue weighted by Gasteiger charge is 2.19. The van der Waals surface area contributed by atoms with Gasteiger partial charge in [0.1, 0.15) is 0 Å². The van der Waals surface area contributed by atoms with Crippen LogP contribution in [0.15, 0.2) is 18.5 Å². The first kappa shape index (κ1) is 9.74. The molecule has 3 N–H and O–H groups in total. The van der Waals surface area contributed by atoms with Crippen LogP contribution in [0.2, 0.25) is 0 Å². The second kappa shape index (κ2) is 4.62. The number of aromatic nitrogens is 1. The number of H-pyrrole nitrogens is 1. The van der Waals surface area contributed by atoms with E-state index in [1.165, 1.54) is 31.5 Å². The van der Waals surface area contributed by atoms with Crippen LogP contribution in [0.5, 0.6) is 0 Å². The van der Waals surface area contributed by atoms with E-state index in [4.69, 9.17) is 5.73 Å². The maximum absolute atomic E-state index is 5.54. The molecule has 1 aromatic rings. The van der Waals surface area contributed by atoms with Crippen molar-refractivity contribution in [3.8, 4) is 0 Å². The minimum absolute atomic E-state index is 0.760. The van der Waals surface area contributed by atoms with E-state index < -0.39 is 0 Å². The molecule has 0 aromatic carbocycles. The molecule has 2 rings (SSSR count). The molecule has 1 aliphatic heterocycles. The quantitative estimate of drug-likeness (QED) is 0.756. The minimum Gasteiger partial charge on any atom is -0.367 e. The number of rotatable bonds is 3. The van der Waals surface area contributed by atoms with Crippen molar-refractivity contribution < 1.29 is 0 Å². The van der Waals surface area contributed by atoms with Gasteiger partial charge in [-0.25, -0.2) is 0 Å². The van der Waals surface area contributed by atoms with E-state index in [9.17, 15) is 0 Å². The molecule has 1 saturated heterocycles. The predicted molar refractivity (Wildman–Crippen MR) is 58.3 cm³/mol. The minimum atomic E-state index is 0.760. The number of nitrogens with two attached hydrogens (primary N) is 1. The van der Waals surface area contributed by atoms with E-state index >= 15 is 0 Å². The molecule has 0 aliphatic carbocycles. The monoisotopic (exact) mass is 193 g/mol. The molecule has 0 radical (unpaired) electrons. The van der Waals surface area contributed by atoms with Crippen LogP contribution < -0.4 is 5.73 Å². The van der Waals surface area contributed by atoms with Crippen molar-refractivity contribution in [3.05, 3.63) is 24.0 Å². The van der Waals surface area contributed by atoms with E-state index in [1.54, 1.807) is 0 Å². The SMILES string of the molecule is NCCN1CCC(c2cc[nH]c2)CC1. The first-order valence-corrected chi connectivity index (χ1v) is 5.45. The summed E-state index contributed by atoms with van der Waals surface area (Å²) in [5, 5.41) is 0. The summed E-state index contributed by atoms with van der Waals surface area (Å²) >= 11 is 0. The Bertz CT molecular complexity index is 248. The molecular formula is C11H19N3. The number of hydrogen-bond acceptors (Lipinski definition) is 2. The maximum atomic E-state index is 5.54. The molecule has 78 valence electrons. The lowest BCUT2D eigenvalue weighted by Crippen LogP contribution is -2.36. The number of hydrogen-bond donors (Lipinski definition) is 2. The van der Waals surface area contributed by atoms with Gasteiger partial charge in [0.25, 0.3) is 0 Å². The largest absolute Gasteiger partial charge is 0.367 e. The average molecular weight is 193 g/mol. The molecule has 3 heteroatoms. The predicted octanol–water partition coefficient (Wildman–Crippen LogP) is 1.15. The van der Waals surface area contributed by atoms with E-state index in [0.29, 0.717) is 0 Å². The average Bonchev–Trinajstić information content (AvgIpc) is 2.72. The van der Waals surface area contributed by atoms with Gasteiger partial charge in [0.05, 0.1) is 0 Å². The van der Waals surface area contributed by atoms with Crippen molar-refractivity contribution in [3.63, 3.8) is 0 Å². The molecule has 14 heavy (non-hydrogen) atoms. The van der Waals surface area contributed by atoms with Gasteiger partial charge in [-0.15, -0.1) is 0 Å². The zero-order chi connectivity index (χ0) is 9.80. The van der Waals surface area contributed by atoms with Gasteiger partial charge in [0, 0.05) is 25.5 Å². The third-order valence-electron chi connectivity index (χ3n) is 3.13. The third kappa shape index (κ3) is 2.16. The van der Waals surface area contributed by atoms with E-state index in [0.717, 1.165) is 19.0 Å². The van der Waals surface area contributed by atoms with Crippen molar-refractivity contribution in [1.29, 1.82) is 0 Å². The van der Waals surface area contributed by atoms with Gasteiger partial charge in [-0.3, -0.25) is 0 Å². The summed E-state index contributed by atoms with van der Waals surface area (Å²) in [6.07, 6.45) is 6.69. The first-order chi connectivity index (χ1) is 6.90. The van der Waals surface area contributed by atoms with Gasteiger partial charge in [0.15, 0.2) is 0 Å². The van der Waals surface area contributed by atoms with Crippen LogP contribution in [-0.2, 0) is 0 Å². The second-order valence-electron chi connectivity index (χ2n) is 4.05. The Morgan fingerprint density at radius 2 is 2.21 bits per heavy atom. The number of nitrogens with one attached hydrogen (secondary N) is 1. The summed E-state index contributed by atoms with van der Waals surface area (Å²) in [6.45, 7) is 4.24. The van der Waals surface area contributed by atoms with Crippen LogP contribution in [-0.4, -0.2) is 36.1 Å². The van der Waals surface area contributed by atoms with Crippen LogP contribution in [0.1, 0.15) is 24.3 Å². The van der Waals surface area contributed by atoms with Gasteiger partial charge in [-0.1, -0.05) is 0 Å². The van der Waals surface area contributed by atoms with Crippen molar-refractivity contribution in [2.24, 2.45) is 5.73 Å². The van der Waals surface area contributed by atoms with E-state index in [2.05, 4.69) is 22.1 Å². The summed E-state index contributed by atoms with van der Waals surface area (Å²) in [5.74, 6) is 0.760. The zero-order valence-electron chi connectivity index (χ0n) is 8.58. The molecule has 3 nitrogen and oxygen atoms in total. The van der Waals surface area contributed by atoms with Crippen molar-refractivity contribution in [2.45, 2.75) is 18.8 Å². The van der Waals surface area contributed by atoms with E-state index in [1.807, 2.05) is 6.20 Å². The fourth-order valence-corrected chi connectivity index (χ4v) is 2.26. The van der Waals surface area contributed by atoms with Gasteiger partial charge < -0.3 is 15.6 Å². The molecule has 1 fully saturated rings. The third-order valence-corrected chi connectivity index (χ3v) is 3.13. The highest BCUT2D eigenvalue weighted by Crippen LogP contribution is 2.27. The van der Waals surface area contributed by atoms with Crippen molar-refractivity contribution >= 4 is 0 Å². The van der Waals surface area contributed by atoms with E-state index in [-0.39, 0.29) is 0 Å². The fraction of sp³-hybridized carbons (Fsp3) is 0.636. The topological polar surface area (TPSA) is 45.0 Å². The molecule has 0 spiro atoms. The standard InChI is InChI=1S/C11H19N3/c12-4-8-14-6-2-10(3-7-14)11-1-5-13-9-11/h1,5,9-10,13H,2-4,6-8,12H2. The molecule has 1 aliphatic rings. The summed E-state index contributed by atoms with van der Waals surface area (Å²) in [5.41, 5.74) is 7.01. The number of nitrogens with zero attached hydrogens (tertiary/aromatic N) is 1. The summed E-state index contributed by atoms with van der Waals surface area (Å²) in [7, 11) is 0. The van der Waals surface area contributed by atoms with Gasteiger partial charge in [-0.05, 0) is 43.5 Å². The molecular weight excluding hydrogens is 174 g/mol. The van der Waals surface area contributed by atoms with Gasteiger partial charge >= 0.3 is 0 Å². The normalized spacial score (nSPS) is 20.1. The maximum Gasteiger partial charge on any atom is 0.0105 e. The van der Waals surface area contributed by atoms with Crippen molar-refractivity contribution in [1.82, 2.24) is 9.88 Å². The lowest BCUT2D eigenvalue weighted by atomic mass is 9.91. The summed E-state index contributed by atoms with van der Waals surface area (Å²) in [4.78, 5) is 5.59. The zero-order valence-corrected chi connectivity index (χ0v) is 8.58. The number of aromatic amines is 1. The smallest absolute Gasteiger partial charge is 0.0105 e.